The predicted octanol–water partition coefficient (Wildman–Crippen LogP) is 2.97. The Bertz CT molecular complexity index is 1040. The average Bonchev–Trinajstić information content (AvgIpc) is 3.29. The molecule has 0 spiro atoms. The number of hydrogen-bond acceptors (Lipinski definition) is 8. The first-order valence-electron chi connectivity index (χ1n) is 10.5. The van der Waals surface area contributed by atoms with Gasteiger partial charge < -0.3 is 19.1 Å². The van der Waals surface area contributed by atoms with Gasteiger partial charge in [0.2, 0.25) is 6.79 Å². The number of piperazine rings is 1. The Kier molecular flexibility index (Phi) is 7.47. The molecule has 0 unspecified atom stereocenters. The van der Waals surface area contributed by atoms with Gasteiger partial charge >= 0.3 is 12.1 Å². The summed E-state index contributed by atoms with van der Waals surface area (Å²) in [7, 11) is 0. The number of aromatic nitrogens is 1. The van der Waals surface area contributed by atoms with E-state index in [0.29, 0.717) is 44.5 Å². The Morgan fingerprint density at radius 3 is 2.62 bits per heavy atom. The van der Waals surface area contributed by atoms with E-state index in [1.807, 2.05) is 18.2 Å². The third-order valence-corrected chi connectivity index (χ3v) is 6.33. The van der Waals surface area contributed by atoms with E-state index < -0.39 is 24.5 Å². The second-order valence-electron chi connectivity index (χ2n) is 7.68. The number of alkyl halides is 3. The highest BCUT2D eigenvalue weighted by molar-refractivity contribution is 7.99. The number of amides is 1. The van der Waals surface area contributed by atoms with Crippen molar-refractivity contribution in [2.75, 3.05) is 45.3 Å². The van der Waals surface area contributed by atoms with Crippen LogP contribution in [0.5, 0.6) is 11.5 Å². The summed E-state index contributed by atoms with van der Waals surface area (Å²) in [6.07, 6.45) is -3.10. The van der Waals surface area contributed by atoms with E-state index in [0.717, 1.165) is 17.1 Å². The van der Waals surface area contributed by atoms with Crippen LogP contribution in [0.4, 0.5) is 13.2 Å². The molecule has 1 fully saturated rings. The standard InChI is InChI=1S/C22H22F3N3O5S/c23-22(24,25)13-34-20-16(2-1-5-26-20)21(30)31-12-19(29)28-8-6-27(7-9-28)11-15-3-4-17-18(10-15)33-14-32-17/h1-5,10H,6-9,11-14H2. The van der Waals surface area contributed by atoms with E-state index in [4.69, 9.17) is 14.2 Å². The number of nitrogens with zero attached hydrogens (tertiary/aromatic N) is 3. The molecule has 0 N–H and O–H groups in total. The van der Waals surface area contributed by atoms with Crippen molar-refractivity contribution in [1.29, 1.82) is 0 Å². The fraction of sp³-hybridized carbons (Fsp3) is 0.409. The van der Waals surface area contributed by atoms with E-state index in [2.05, 4.69) is 9.88 Å². The number of esters is 1. The van der Waals surface area contributed by atoms with Crippen molar-refractivity contribution in [3.05, 3.63) is 47.7 Å². The van der Waals surface area contributed by atoms with Crippen molar-refractivity contribution < 1.29 is 37.0 Å². The van der Waals surface area contributed by atoms with E-state index >= 15 is 0 Å². The lowest BCUT2D eigenvalue weighted by Gasteiger charge is -2.34. The second-order valence-corrected chi connectivity index (χ2v) is 8.64. The number of ether oxygens (including phenoxy) is 3. The van der Waals surface area contributed by atoms with Crippen LogP contribution in [0, 0.1) is 0 Å². The third-order valence-electron chi connectivity index (χ3n) is 5.26. The number of carbonyl (C=O) groups is 2. The Morgan fingerprint density at radius 2 is 1.85 bits per heavy atom. The zero-order chi connectivity index (χ0) is 24.1. The molecule has 0 radical (unpaired) electrons. The van der Waals surface area contributed by atoms with Crippen LogP contribution in [0.25, 0.3) is 0 Å². The highest BCUT2D eigenvalue weighted by Gasteiger charge is 2.29. The molecule has 0 atom stereocenters. The van der Waals surface area contributed by atoms with Crippen molar-refractivity contribution in [2.24, 2.45) is 0 Å². The first-order valence-corrected chi connectivity index (χ1v) is 11.5. The van der Waals surface area contributed by atoms with E-state index in [1.54, 1.807) is 4.90 Å². The fourth-order valence-electron chi connectivity index (χ4n) is 3.56. The van der Waals surface area contributed by atoms with Gasteiger partial charge in [0.05, 0.1) is 11.3 Å². The second kappa shape index (κ2) is 10.5. The van der Waals surface area contributed by atoms with Gasteiger partial charge in [-0.2, -0.15) is 13.2 Å². The van der Waals surface area contributed by atoms with Crippen molar-refractivity contribution in [1.82, 2.24) is 14.8 Å². The highest BCUT2D eigenvalue weighted by atomic mass is 32.2. The maximum Gasteiger partial charge on any atom is 0.398 e. The number of hydrogen-bond donors (Lipinski definition) is 0. The van der Waals surface area contributed by atoms with Gasteiger partial charge in [-0.1, -0.05) is 17.8 Å². The molecule has 8 nitrogen and oxygen atoms in total. The first kappa shape index (κ1) is 24.1. The quantitative estimate of drug-likeness (QED) is 0.427. The number of thioether (sulfide) groups is 1. The van der Waals surface area contributed by atoms with Crippen LogP contribution in [0.3, 0.4) is 0 Å². The average molecular weight is 497 g/mol. The van der Waals surface area contributed by atoms with Crippen LogP contribution in [-0.4, -0.2) is 78.2 Å². The zero-order valence-corrected chi connectivity index (χ0v) is 18.9. The summed E-state index contributed by atoms with van der Waals surface area (Å²) in [6.45, 7) is 2.68. The van der Waals surface area contributed by atoms with Crippen molar-refractivity contribution in [3.8, 4) is 11.5 Å². The van der Waals surface area contributed by atoms with Crippen LogP contribution in [0.15, 0.2) is 41.6 Å². The van der Waals surface area contributed by atoms with Gasteiger partial charge in [0, 0.05) is 38.9 Å². The van der Waals surface area contributed by atoms with Gasteiger partial charge in [0.1, 0.15) is 5.03 Å². The van der Waals surface area contributed by atoms with Crippen LogP contribution in [-0.2, 0) is 16.1 Å². The lowest BCUT2D eigenvalue weighted by Crippen LogP contribution is -2.49. The van der Waals surface area contributed by atoms with E-state index in [9.17, 15) is 22.8 Å². The topological polar surface area (TPSA) is 81.2 Å². The summed E-state index contributed by atoms with van der Waals surface area (Å²) in [5, 5.41) is -0.0885. The number of rotatable bonds is 7. The normalized spacial score (nSPS) is 15.9. The Morgan fingerprint density at radius 1 is 1.09 bits per heavy atom. The molecule has 1 amide bonds. The lowest BCUT2D eigenvalue weighted by molar-refractivity contribution is -0.136. The molecule has 1 saturated heterocycles. The molecule has 0 bridgehead atoms. The van der Waals surface area contributed by atoms with E-state index in [1.165, 1.54) is 18.3 Å². The van der Waals surface area contributed by atoms with Crippen LogP contribution in [0.2, 0.25) is 0 Å². The van der Waals surface area contributed by atoms with Crippen LogP contribution in [0.1, 0.15) is 15.9 Å². The number of benzene rings is 1. The molecule has 1 aromatic heterocycles. The molecule has 2 aromatic rings. The zero-order valence-electron chi connectivity index (χ0n) is 18.0. The lowest BCUT2D eigenvalue weighted by atomic mass is 10.1. The molecule has 12 heteroatoms. The molecule has 0 aliphatic carbocycles. The summed E-state index contributed by atoms with van der Waals surface area (Å²) in [4.78, 5) is 32.5. The molecule has 3 heterocycles. The molecular weight excluding hydrogens is 475 g/mol. The van der Waals surface area contributed by atoms with Gasteiger partial charge in [0.25, 0.3) is 5.91 Å². The van der Waals surface area contributed by atoms with Gasteiger partial charge in [0.15, 0.2) is 18.1 Å². The number of pyridine rings is 1. The van der Waals surface area contributed by atoms with Crippen LogP contribution >= 0.6 is 11.8 Å². The fourth-order valence-corrected chi connectivity index (χ4v) is 4.30. The van der Waals surface area contributed by atoms with Gasteiger partial charge in [-0.3, -0.25) is 9.69 Å². The summed E-state index contributed by atoms with van der Waals surface area (Å²) in [5.74, 6) is -0.968. The SMILES string of the molecule is O=C(OCC(=O)N1CCN(Cc2ccc3c(c2)OCO3)CC1)c1cccnc1SCC(F)(F)F. The number of halogens is 3. The maximum atomic E-state index is 12.5. The maximum absolute atomic E-state index is 12.5. The Balaban J connectivity index is 1.23. The Hall–Kier alpha value is -2.99. The van der Waals surface area contributed by atoms with E-state index in [-0.39, 0.29) is 23.3 Å². The molecule has 182 valence electrons. The summed E-state index contributed by atoms with van der Waals surface area (Å²) < 4.78 is 53.3. The van der Waals surface area contributed by atoms with Crippen LogP contribution < -0.4 is 9.47 Å². The third kappa shape index (κ3) is 6.32. The molecule has 34 heavy (non-hydrogen) atoms. The molecule has 2 aliphatic rings. The van der Waals surface area contributed by atoms with Crippen molar-refractivity contribution >= 4 is 23.6 Å². The largest absolute Gasteiger partial charge is 0.454 e. The minimum absolute atomic E-state index is 0.0885. The molecule has 2 aliphatic heterocycles. The summed E-state index contributed by atoms with van der Waals surface area (Å²) >= 11 is 0.399. The monoisotopic (exact) mass is 497 g/mol. The van der Waals surface area contributed by atoms with Gasteiger partial charge in [-0.15, -0.1) is 0 Å². The smallest absolute Gasteiger partial charge is 0.398 e. The molecule has 0 saturated carbocycles. The highest BCUT2D eigenvalue weighted by Crippen LogP contribution is 2.33. The van der Waals surface area contributed by atoms with Gasteiger partial charge in [-0.25, -0.2) is 9.78 Å². The molecule has 1 aromatic carbocycles. The van der Waals surface area contributed by atoms with Crippen molar-refractivity contribution in [2.45, 2.75) is 17.7 Å². The van der Waals surface area contributed by atoms with Gasteiger partial charge in [-0.05, 0) is 29.8 Å². The minimum atomic E-state index is -4.40. The number of carbonyl (C=O) groups excluding carboxylic acids is 2. The molecule has 4 rings (SSSR count). The first-order chi connectivity index (χ1) is 16.3. The number of fused-ring (bicyclic) bond motifs is 1. The van der Waals surface area contributed by atoms with Crippen molar-refractivity contribution in [3.63, 3.8) is 0 Å². The molecular formula is C22H22F3N3O5S. The Labute approximate surface area is 198 Å². The summed E-state index contributed by atoms with van der Waals surface area (Å²) in [5.41, 5.74) is 0.978. The summed E-state index contributed by atoms with van der Waals surface area (Å²) in [6, 6.07) is 8.55. The predicted molar refractivity (Wildman–Crippen MR) is 116 cm³/mol. The minimum Gasteiger partial charge on any atom is -0.454 e.